The van der Waals surface area contributed by atoms with Crippen molar-refractivity contribution in [2.24, 2.45) is 0 Å². The van der Waals surface area contributed by atoms with Gasteiger partial charge in [0.25, 0.3) is 5.91 Å². The molecule has 1 aromatic heterocycles. The van der Waals surface area contributed by atoms with E-state index in [2.05, 4.69) is 5.32 Å². The van der Waals surface area contributed by atoms with Crippen LogP contribution in [-0.4, -0.2) is 42.2 Å². The van der Waals surface area contributed by atoms with E-state index in [1.54, 1.807) is 39.3 Å². The van der Waals surface area contributed by atoms with E-state index in [-0.39, 0.29) is 11.5 Å². The third-order valence-corrected chi connectivity index (χ3v) is 7.19. The Bertz CT molecular complexity index is 1780. The highest BCUT2D eigenvalue weighted by Gasteiger charge is 2.23. The van der Waals surface area contributed by atoms with E-state index >= 15 is 0 Å². The molecule has 1 atom stereocenters. The van der Waals surface area contributed by atoms with E-state index in [0.717, 1.165) is 33.8 Å². The summed E-state index contributed by atoms with van der Waals surface area (Å²) in [6.45, 7) is 5.67. The van der Waals surface area contributed by atoms with Gasteiger partial charge in [0.15, 0.2) is 6.10 Å². The highest BCUT2D eigenvalue weighted by Crippen LogP contribution is 2.33. The number of rotatable bonds is 9. The minimum atomic E-state index is -0.957. The van der Waals surface area contributed by atoms with Gasteiger partial charge in [-0.15, -0.1) is 0 Å². The number of ether oxygens (including phenoxy) is 3. The molecule has 0 saturated carbocycles. The summed E-state index contributed by atoms with van der Waals surface area (Å²) in [7, 11) is 3.24. The molecule has 1 N–H and O–H groups in total. The maximum atomic E-state index is 13.2. The van der Waals surface area contributed by atoms with Crippen LogP contribution in [0.5, 0.6) is 11.5 Å². The van der Waals surface area contributed by atoms with Gasteiger partial charge < -0.3 is 19.5 Å². The van der Waals surface area contributed by atoms with Crippen LogP contribution in [0.1, 0.15) is 34.8 Å². The Morgan fingerprint density at radius 1 is 0.744 bits per heavy atom. The third kappa shape index (κ3) is 6.48. The fraction of sp³-hybridized carbons (Fsp3) is 0.200. The van der Waals surface area contributed by atoms with Crippen molar-refractivity contribution in [2.75, 3.05) is 19.5 Å². The SMILES string of the molecule is CCC(OC(=O)c1ccc2nc(-c3ccc(OC)cc3)c(-c3ccc(OC)cc3)nc2c1)C(=O)Nc1cc(C)ccc1C. The topological polar surface area (TPSA) is 99.6 Å². The van der Waals surface area contributed by atoms with Gasteiger partial charge in [0.05, 0.1) is 42.2 Å². The maximum Gasteiger partial charge on any atom is 0.338 e. The summed E-state index contributed by atoms with van der Waals surface area (Å²) in [5.41, 5.74) is 7.08. The number of aryl methyl sites for hydroxylation is 2. The molecule has 5 aromatic rings. The van der Waals surface area contributed by atoms with Crippen LogP contribution in [0.2, 0.25) is 0 Å². The van der Waals surface area contributed by atoms with Gasteiger partial charge in [-0.3, -0.25) is 4.79 Å². The van der Waals surface area contributed by atoms with Gasteiger partial charge in [0.1, 0.15) is 11.5 Å². The first kappa shape index (κ1) is 29.3. The number of carbonyl (C=O) groups excluding carboxylic acids is 2. The van der Waals surface area contributed by atoms with Crippen molar-refractivity contribution in [2.45, 2.75) is 33.3 Å². The molecule has 4 aromatic carbocycles. The number of methoxy groups -OCH3 is 2. The van der Waals surface area contributed by atoms with E-state index in [1.165, 1.54) is 0 Å². The Hall–Kier alpha value is -5.24. The first-order valence-electron chi connectivity index (χ1n) is 14.0. The van der Waals surface area contributed by atoms with Crippen LogP contribution in [0, 0.1) is 13.8 Å². The number of esters is 1. The molecule has 43 heavy (non-hydrogen) atoms. The summed E-state index contributed by atoms with van der Waals surface area (Å²) in [6.07, 6.45) is -0.635. The zero-order valence-corrected chi connectivity index (χ0v) is 24.8. The molecule has 0 radical (unpaired) electrons. The van der Waals surface area contributed by atoms with E-state index in [1.807, 2.05) is 80.6 Å². The average molecular weight is 576 g/mol. The highest BCUT2D eigenvalue weighted by atomic mass is 16.5. The number of fused-ring (bicyclic) bond motifs is 1. The molecule has 8 heteroatoms. The van der Waals surface area contributed by atoms with Crippen LogP contribution >= 0.6 is 0 Å². The molecule has 0 aliphatic heterocycles. The minimum absolute atomic E-state index is 0.276. The van der Waals surface area contributed by atoms with Crippen molar-refractivity contribution in [3.8, 4) is 34.0 Å². The lowest BCUT2D eigenvalue weighted by Crippen LogP contribution is -2.32. The molecular weight excluding hydrogens is 542 g/mol. The molecule has 218 valence electrons. The van der Waals surface area contributed by atoms with Crippen LogP contribution in [-0.2, 0) is 9.53 Å². The fourth-order valence-electron chi connectivity index (χ4n) is 4.68. The molecule has 0 saturated heterocycles. The number of aromatic nitrogens is 2. The summed E-state index contributed by atoms with van der Waals surface area (Å²) in [5.74, 6) is 0.466. The molecule has 0 spiro atoms. The van der Waals surface area contributed by atoms with Gasteiger partial charge in [-0.25, -0.2) is 14.8 Å². The van der Waals surface area contributed by atoms with Gasteiger partial charge in [-0.1, -0.05) is 19.1 Å². The highest BCUT2D eigenvalue weighted by molar-refractivity contribution is 5.99. The molecule has 5 rings (SSSR count). The van der Waals surface area contributed by atoms with Gasteiger partial charge >= 0.3 is 5.97 Å². The largest absolute Gasteiger partial charge is 0.497 e. The molecule has 0 bridgehead atoms. The quantitative estimate of drug-likeness (QED) is 0.186. The Balaban J connectivity index is 1.47. The van der Waals surface area contributed by atoms with Crippen molar-refractivity contribution in [3.05, 3.63) is 102 Å². The standard InChI is InChI=1S/C35H33N3O5/c1-6-31(34(39)38-29-19-21(2)7-8-22(29)3)43-35(40)25-13-18-28-30(20-25)37-33(24-11-16-27(42-5)17-12-24)32(36-28)23-9-14-26(41-4)15-10-23/h7-20,31H,6H2,1-5H3,(H,38,39). The fourth-order valence-corrected chi connectivity index (χ4v) is 4.68. The van der Waals surface area contributed by atoms with Gasteiger partial charge in [-0.2, -0.15) is 0 Å². The molecule has 0 aliphatic carbocycles. The Kier molecular flexibility index (Phi) is 8.66. The minimum Gasteiger partial charge on any atom is -0.497 e. The number of nitrogens with one attached hydrogen (secondary N) is 1. The summed E-state index contributed by atoms with van der Waals surface area (Å²) in [5, 5.41) is 2.90. The lowest BCUT2D eigenvalue weighted by molar-refractivity contribution is -0.124. The molecule has 8 nitrogen and oxygen atoms in total. The molecule has 0 aliphatic rings. The van der Waals surface area contributed by atoms with Crippen molar-refractivity contribution >= 4 is 28.6 Å². The average Bonchev–Trinajstić information content (AvgIpc) is 3.04. The first-order chi connectivity index (χ1) is 20.8. The summed E-state index contributed by atoms with van der Waals surface area (Å²) in [6, 6.07) is 26.0. The summed E-state index contributed by atoms with van der Waals surface area (Å²) >= 11 is 0. The van der Waals surface area contributed by atoms with Crippen LogP contribution < -0.4 is 14.8 Å². The Morgan fingerprint density at radius 2 is 1.33 bits per heavy atom. The smallest absolute Gasteiger partial charge is 0.338 e. The van der Waals surface area contributed by atoms with Gasteiger partial charge in [0.2, 0.25) is 0 Å². The van der Waals surface area contributed by atoms with Crippen LogP contribution in [0.15, 0.2) is 84.9 Å². The van der Waals surface area contributed by atoms with Crippen LogP contribution in [0.25, 0.3) is 33.5 Å². The summed E-state index contributed by atoms with van der Waals surface area (Å²) in [4.78, 5) is 36.1. The normalized spacial score (nSPS) is 11.6. The second-order valence-corrected chi connectivity index (χ2v) is 10.2. The summed E-state index contributed by atoms with van der Waals surface area (Å²) < 4.78 is 16.3. The molecule has 1 amide bonds. The van der Waals surface area contributed by atoms with Crippen molar-refractivity contribution in [1.29, 1.82) is 0 Å². The molecular formula is C35H33N3O5. The zero-order valence-electron chi connectivity index (χ0n) is 24.8. The second-order valence-electron chi connectivity index (χ2n) is 10.2. The number of benzene rings is 4. The van der Waals surface area contributed by atoms with Gasteiger partial charge in [-0.05, 0) is 104 Å². The van der Waals surface area contributed by atoms with E-state index in [9.17, 15) is 9.59 Å². The third-order valence-electron chi connectivity index (χ3n) is 7.19. The van der Waals surface area contributed by atoms with Crippen LogP contribution in [0.4, 0.5) is 5.69 Å². The first-order valence-corrected chi connectivity index (χ1v) is 14.0. The number of carbonyl (C=O) groups is 2. The molecule has 0 fully saturated rings. The van der Waals surface area contributed by atoms with Crippen molar-refractivity contribution in [1.82, 2.24) is 9.97 Å². The van der Waals surface area contributed by atoms with Crippen LogP contribution in [0.3, 0.4) is 0 Å². The van der Waals surface area contributed by atoms with E-state index in [0.29, 0.717) is 34.5 Å². The van der Waals surface area contributed by atoms with Crippen molar-refractivity contribution in [3.63, 3.8) is 0 Å². The lowest BCUT2D eigenvalue weighted by Gasteiger charge is -2.17. The van der Waals surface area contributed by atoms with Gasteiger partial charge in [0, 0.05) is 16.8 Å². The second kappa shape index (κ2) is 12.7. The number of anilines is 1. The number of hydrogen-bond donors (Lipinski definition) is 1. The maximum absolute atomic E-state index is 13.2. The predicted octanol–water partition coefficient (Wildman–Crippen LogP) is 7.17. The Labute approximate surface area is 250 Å². The predicted molar refractivity (Wildman–Crippen MR) is 168 cm³/mol. The monoisotopic (exact) mass is 575 g/mol. The number of hydrogen-bond acceptors (Lipinski definition) is 7. The number of nitrogens with zero attached hydrogens (tertiary/aromatic N) is 2. The molecule has 1 heterocycles. The Morgan fingerprint density at radius 3 is 1.88 bits per heavy atom. The zero-order chi connectivity index (χ0) is 30.5. The van der Waals surface area contributed by atoms with E-state index < -0.39 is 12.1 Å². The lowest BCUT2D eigenvalue weighted by atomic mass is 10.0. The van der Waals surface area contributed by atoms with Crippen molar-refractivity contribution < 1.29 is 23.8 Å². The van der Waals surface area contributed by atoms with E-state index in [4.69, 9.17) is 24.2 Å². The molecule has 1 unspecified atom stereocenters. The number of amides is 1.